The van der Waals surface area contributed by atoms with Crippen LogP contribution in [0.5, 0.6) is 0 Å². The maximum Gasteiger partial charge on any atom is 0.488 e. The van der Waals surface area contributed by atoms with Crippen molar-refractivity contribution >= 4 is 119 Å². The van der Waals surface area contributed by atoms with Gasteiger partial charge >= 0.3 is 42.3 Å². The van der Waals surface area contributed by atoms with Gasteiger partial charge in [-0.2, -0.15) is 0 Å². The third-order valence-corrected chi connectivity index (χ3v) is 16.5. The SMILES string of the molecule is OB(O)c1ccc(B2NC3=CC=C4C5C3=C(C=CC5C35c6ccc7c8c(ccc(c68)C43c3ccc4c6c(ccc5c36)NB(c3ccc(B(O)O)cc3)N4)NB(c3ccc(B(O)O)cc3)N7)N2)cc1. The molecule has 7 aromatic carbocycles. The van der Waals surface area contributed by atoms with Gasteiger partial charge in [0.1, 0.15) is 0 Å². The van der Waals surface area contributed by atoms with Crippen molar-refractivity contribution in [3.05, 3.63) is 190 Å². The fourth-order valence-electron chi connectivity index (χ4n) is 13.9. The third kappa shape index (κ3) is 4.67. The summed E-state index contributed by atoms with van der Waals surface area (Å²) in [7, 11) is -4.60. The van der Waals surface area contributed by atoms with Gasteiger partial charge in [0.15, 0.2) is 0 Å². The van der Waals surface area contributed by atoms with E-state index >= 15 is 0 Å². The Morgan fingerprint density at radius 2 is 0.838 bits per heavy atom. The van der Waals surface area contributed by atoms with Crippen LogP contribution in [0.25, 0.3) is 21.5 Å². The van der Waals surface area contributed by atoms with Gasteiger partial charge < -0.3 is 61.5 Å². The molecule has 1 saturated carbocycles. The number of benzene rings is 7. The van der Waals surface area contributed by atoms with Crippen molar-refractivity contribution in [3.8, 4) is 0 Å². The molecule has 0 amide bonds. The molecule has 18 heteroatoms. The van der Waals surface area contributed by atoms with Gasteiger partial charge in [0, 0.05) is 67.7 Å². The molecule has 0 saturated heterocycles. The molecule has 0 aromatic heterocycles. The molecule has 322 valence electrons. The van der Waals surface area contributed by atoms with Crippen molar-refractivity contribution < 1.29 is 30.1 Å². The van der Waals surface area contributed by atoms with Crippen molar-refractivity contribution in [1.82, 2.24) is 10.5 Å². The first-order chi connectivity index (χ1) is 33.1. The van der Waals surface area contributed by atoms with Crippen LogP contribution in [0.1, 0.15) is 22.3 Å². The number of hydrogen-bond donors (Lipinski definition) is 12. The zero-order chi connectivity index (χ0) is 45.5. The average Bonchev–Trinajstić information content (AvgIpc) is 3.90. The lowest BCUT2D eigenvalue weighted by atomic mass is 9.58. The number of anilines is 4. The number of allylic oxidation sites excluding steroid dienone is 6. The van der Waals surface area contributed by atoms with E-state index in [1.54, 1.807) is 36.4 Å². The molecule has 0 radical (unpaired) electrons. The highest BCUT2D eigenvalue weighted by Crippen LogP contribution is 2.80. The summed E-state index contributed by atoms with van der Waals surface area (Å²) >= 11 is 0. The van der Waals surface area contributed by atoms with E-state index < -0.39 is 32.2 Å². The standard InChI is InChI=1S/C50H38B6N6O6/c63-54(64)28-7-1-25(2-8-28)51-57-37-19-13-31-43-32(14-20-38(58-51)46(37)43)50-34-16-22-40-47-39(59-52(60-40)26-3-9-29(10-4-26)55(65)66)21-15-33(44(34)47)49(31,50)35-17-23-41-48-42(24-18-36(50)45(35)48)62-53(61-41)27-5-11-30(12-6-27)56(67)68/h1-24,31,43,57-68H. The second-order valence-corrected chi connectivity index (χ2v) is 19.4. The van der Waals surface area contributed by atoms with Crippen molar-refractivity contribution in [2.45, 2.75) is 10.8 Å². The monoisotopic (exact) mass is 884 g/mol. The minimum absolute atomic E-state index is 0.0328. The average molecular weight is 884 g/mol. The predicted octanol–water partition coefficient (Wildman–Crippen LogP) is -0.121. The Labute approximate surface area is 392 Å². The van der Waals surface area contributed by atoms with Crippen molar-refractivity contribution in [2.24, 2.45) is 11.8 Å². The molecule has 2 unspecified atom stereocenters. The first kappa shape index (κ1) is 39.0. The second-order valence-electron chi connectivity index (χ2n) is 19.4. The maximum absolute atomic E-state index is 9.79. The van der Waals surface area contributed by atoms with Gasteiger partial charge in [-0.05, 0) is 108 Å². The minimum Gasteiger partial charge on any atom is -0.423 e. The van der Waals surface area contributed by atoms with Gasteiger partial charge in [-0.1, -0.05) is 109 Å². The van der Waals surface area contributed by atoms with Crippen molar-refractivity contribution in [1.29, 1.82) is 0 Å². The first-order valence-corrected chi connectivity index (χ1v) is 23.2. The normalized spacial score (nSPS) is 23.1. The van der Waals surface area contributed by atoms with Gasteiger partial charge in [-0.25, -0.2) is 0 Å². The summed E-state index contributed by atoms with van der Waals surface area (Å²) in [5.74, 6) is 0.0846. The van der Waals surface area contributed by atoms with E-state index in [0.29, 0.717) is 16.4 Å². The largest absolute Gasteiger partial charge is 0.488 e. The minimum atomic E-state index is -1.53. The molecule has 7 aromatic rings. The number of hydrogen-bond acceptors (Lipinski definition) is 12. The molecule has 1 fully saturated rings. The van der Waals surface area contributed by atoms with E-state index in [2.05, 4.69) is 104 Å². The molecule has 8 aliphatic rings. The summed E-state index contributed by atoms with van der Waals surface area (Å²) in [6.45, 7) is -0.700. The molecule has 0 bridgehead atoms. The quantitative estimate of drug-likeness (QED) is 0.0994. The van der Waals surface area contributed by atoms with Crippen molar-refractivity contribution in [3.63, 3.8) is 0 Å². The Hall–Kier alpha value is -7.03. The highest BCUT2D eigenvalue weighted by atomic mass is 16.4. The van der Waals surface area contributed by atoms with Crippen LogP contribution in [0, 0.1) is 11.8 Å². The Kier molecular flexibility index (Phi) is 7.66. The highest BCUT2D eigenvalue weighted by molar-refractivity contribution is 6.81. The summed E-state index contributed by atoms with van der Waals surface area (Å²) in [6.07, 6.45) is 9.45. The van der Waals surface area contributed by atoms with Gasteiger partial charge in [-0.15, -0.1) is 0 Å². The molecule has 0 spiro atoms. The van der Waals surface area contributed by atoms with E-state index in [1.807, 2.05) is 36.4 Å². The fraction of sp³-hybridized carbons (Fsp3) is 0.0800. The topological polar surface area (TPSA) is 194 Å². The predicted molar refractivity (Wildman–Crippen MR) is 274 cm³/mol. The molecular formula is C50H38B6N6O6. The third-order valence-electron chi connectivity index (χ3n) is 16.5. The van der Waals surface area contributed by atoms with Crippen molar-refractivity contribution in [2.75, 3.05) is 20.9 Å². The fourth-order valence-corrected chi connectivity index (χ4v) is 13.9. The Balaban J connectivity index is 0.924. The van der Waals surface area contributed by atoms with Crippen LogP contribution < -0.4 is 64.1 Å². The van der Waals surface area contributed by atoms with Gasteiger partial charge in [0.05, 0.1) is 5.41 Å². The van der Waals surface area contributed by atoms with Crippen LogP contribution in [0.2, 0.25) is 0 Å². The Morgan fingerprint density at radius 1 is 0.426 bits per heavy atom. The summed E-state index contributed by atoms with van der Waals surface area (Å²) in [5, 5.41) is 86.6. The lowest BCUT2D eigenvalue weighted by Crippen LogP contribution is -2.59. The molecule has 3 heterocycles. The zero-order valence-corrected chi connectivity index (χ0v) is 36.2. The van der Waals surface area contributed by atoms with E-state index in [1.165, 1.54) is 54.9 Å². The Bertz CT molecular complexity index is 3380. The summed E-state index contributed by atoms with van der Waals surface area (Å²) in [4.78, 5) is 0. The number of rotatable bonds is 6. The zero-order valence-electron chi connectivity index (χ0n) is 36.2. The molecular weight excluding hydrogens is 845 g/mol. The van der Waals surface area contributed by atoms with E-state index in [4.69, 9.17) is 0 Å². The van der Waals surface area contributed by atoms with E-state index in [9.17, 15) is 30.1 Å². The Morgan fingerprint density at radius 3 is 1.26 bits per heavy atom. The second kappa shape index (κ2) is 13.4. The lowest BCUT2D eigenvalue weighted by Gasteiger charge is -2.43. The molecule has 15 rings (SSSR count). The van der Waals surface area contributed by atoms with Crippen LogP contribution in [-0.4, -0.2) is 72.4 Å². The summed E-state index contributed by atoms with van der Waals surface area (Å²) < 4.78 is 0. The van der Waals surface area contributed by atoms with E-state index in [0.717, 1.165) is 50.5 Å². The first-order valence-electron chi connectivity index (χ1n) is 23.2. The van der Waals surface area contributed by atoms with Gasteiger partial charge in [0.25, 0.3) is 0 Å². The van der Waals surface area contributed by atoms with Crippen LogP contribution >= 0.6 is 0 Å². The molecule has 68 heavy (non-hydrogen) atoms. The highest BCUT2D eigenvalue weighted by Gasteiger charge is 2.76. The van der Waals surface area contributed by atoms with Gasteiger partial charge in [-0.3, -0.25) is 0 Å². The van der Waals surface area contributed by atoms with Crippen LogP contribution in [-0.2, 0) is 10.8 Å². The summed E-state index contributed by atoms with van der Waals surface area (Å²) in [5.41, 5.74) is 17.3. The van der Waals surface area contributed by atoms with Crippen LogP contribution in [0.15, 0.2) is 168 Å². The van der Waals surface area contributed by atoms with Gasteiger partial charge in [0.2, 0.25) is 0 Å². The molecule has 2 atom stereocenters. The molecule has 12 nitrogen and oxygen atoms in total. The van der Waals surface area contributed by atoms with Crippen LogP contribution in [0.4, 0.5) is 22.7 Å². The van der Waals surface area contributed by atoms with Crippen LogP contribution in [0.3, 0.4) is 0 Å². The lowest BCUT2D eigenvalue weighted by molar-refractivity contribution is 0.352. The molecule has 5 aliphatic carbocycles. The molecule has 3 aliphatic heterocycles. The smallest absolute Gasteiger partial charge is 0.423 e. The number of nitrogens with one attached hydrogen (secondary N) is 6. The molecule has 12 N–H and O–H groups in total. The maximum atomic E-state index is 9.79. The van der Waals surface area contributed by atoms with E-state index in [-0.39, 0.29) is 32.8 Å². The summed E-state index contributed by atoms with van der Waals surface area (Å²) in [6, 6.07) is 40.7.